The number of benzene rings is 1. The summed E-state index contributed by atoms with van der Waals surface area (Å²) < 4.78 is 29.2. The molecule has 2 aromatic rings. The second kappa shape index (κ2) is 7.46. The number of carbonyl (C=O) groups is 1. The van der Waals surface area contributed by atoms with Gasteiger partial charge in [-0.25, -0.2) is 14.4 Å². The van der Waals surface area contributed by atoms with Crippen LogP contribution in [0.4, 0.5) is 10.2 Å². The zero-order valence-corrected chi connectivity index (χ0v) is 15.2. The fourth-order valence-corrected chi connectivity index (χ4v) is 4.65. The van der Waals surface area contributed by atoms with Gasteiger partial charge in [0.25, 0.3) is 0 Å². The second-order valence-corrected chi connectivity index (χ2v) is 8.56. The summed E-state index contributed by atoms with van der Waals surface area (Å²) >= 11 is -0.924. The number of anilines is 1. The van der Waals surface area contributed by atoms with Crippen molar-refractivity contribution in [3.63, 3.8) is 0 Å². The minimum Gasteiger partial charge on any atom is -0.598 e. The fourth-order valence-electron chi connectivity index (χ4n) is 3.45. The van der Waals surface area contributed by atoms with Gasteiger partial charge in [0.15, 0.2) is 6.29 Å². The van der Waals surface area contributed by atoms with Gasteiger partial charge in [0.1, 0.15) is 23.2 Å². The predicted molar refractivity (Wildman–Crippen MR) is 99.0 cm³/mol. The van der Waals surface area contributed by atoms with Crippen molar-refractivity contribution in [2.24, 2.45) is 5.92 Å². The molecule has 26 heavy (non-hydrogen) atoms. The smallest absolute Gasteiger partial charge is 0.153 e. The molecule has 1 saturated heterocycles. The maximum absolute atomic E-state index is 14.1. The first-order chi connectivity index (χ1) is 12.7. The Balaban J connectivity index is 1.52. The van der Waals surface area contributed by atoms with Crippen LogP contribution >= 0.6 is 0 Å². The van der Waals surface area contributed by atoms with E-state index in [1.54, 1.807) is 0 Å². The summed E-state index contributed by atoms with van der Waals surface area (Å²) in [6.45, 7) is 2.33. The van der Waals surface area contributed by atoms with Crippen LogP contribution in [0.5, 0.6) is 0 Å². The molecule has 1 aliphatic heterocycles. The molecule has 2 aliphatic rings. The van der Waals surface area contributed by atoms with E-state index in [-0.39, 0.29) is 5.56 Å². The molecule has 1 aromatic heterocycles. The summed E-state index contributed by atoms with van der Waals surface area (Å²) in [7, 11) is 0. The number of halogens is 1. The maximum Gasteiger partial charge on any atom is 0.153 e. The first-order valence-corrected chi connectivity index (χ1v) is 10.2. The van der Waals surface area contributed by atoms with Crippen LogP contribution in [0.1, 0.15) is 36.0 Å². The Morgan fingerprint density at radius 3 is 2.96 bits per heavy atom. The average molecular weight is 376 g/mol. The second-order valence-electron chi connectivity index (χ2n) is 7.01. The predicted octanol–water partition coefficient (Wildman–Crippen LogP) is 2.21. The van der Waals surface area contributed by atoms with Crippen molar-refractivity contribution in [1.29, 1.82) is 0 Å². The van der Waals surface area contributed by atoms with Crippen LogP contribution < -0.4 is 9.62 Å². The number of piperidine rings is 1. The van der Waals surface area contributed by atoms with Gasteiger partial charge in [-0.2, -0.15) is 0 Å². The molecular formula is C18H21FN4O2S. The van der Waals surface area contributed by atoms with Gasteiger partial charge in [0.2, 0.25) is 0 Å². The lowest BCUT2D eigenvalue weighted by Gasteiger charge is -2.34. The highest BCUT2D eigenvalue weighted by atomic mass is 32.2. The van der Waals surface area contributed by atoms with Crippen molar-refractivity contribution in [2.45, 2.75) is 30.9 Å². The lowest BCUT2D eigenvalue weighted by Crippen LogP contribution is -2.42. The molecule has 138 valence electrons. The lowest BCUT2D eigenvalue weighted by molar-refractivity contribution is 0.112. The Kier molecular flexibility index (Phi) is 5.06. The number of carbonyl (C=O) groups excluding carboxylic acids is 1. The summed E-state index contributed by atoms with van der Waals surface area (Å²) in [5, 5.41) is 0.946. The van der Waals surface area contributed by atoms with Crippen LogP contribution in [0.15, 0.2) is 18.5 Å². The number of nitrogens with zero attached hydrogens (tertiary/aromatic N) is 3. The number of rotatable bonds is 6. The molecule has 0 bridgehead atoms. The van der Waals surface area contributed by atoms with E-state index in [1.165, 1.54) is 18.5 Å². The highest BCUT2D eigenvalue weighted by Gasteiger charge is 2.35. The monoisotopic (exact) mass is 376 g/mol. The van der Waals surface area contributed by atoms with Crippen LogP contribution in [-0.2, 0) is 11.4 Å². The molecule has 2 atom stereocenters. The molecule has 6 nitrogen and oxygen atoms in total. The standard InChI is InChI=1S/C18H21FN4O2S/c19-16-7-15-17(6-13(16)10-24)20-11-21-18(15)23-5-1-2-12(9-23)8-22-26(25)14-3-4-14/h6-7,10-12,14,22H,1-5,8-9H2. The largest absolute Gasteiger partial charge is 0.598 e. The third-order valence-electron chi connectivity index (χ3n) is 5.02. The van der Waals surface area contributed by atoms with E-state index >= 15 is 0 Å². The molecule has 4 rings (SSSR count). The maximum atomic E-state index is 14.1. The third-order valence-corrected chi connectivity index (χ3v) is 6.55. The molecule has 2 unspecified atom stereocenters. The molecule has 1 saturated carbocycles. The van der Waals surface area contributed by atoms with Crippen molar-refractivity contribution in [3.8, 4) is 0 Å². The topological polar surface area (TPSA) is 81.2 Å². The molecular weight excluding hydrogens is 355 g/mol. The SMILES string of the molecule is O=Cc1cc2ncnc(N3CCCC(CN[S+]([O-])C4CC4)C3)c2cc1F. The van der Waals surface area contributed by atoms with Crippen LogP contribution in [0.25, 0.3) is 10.9 Å². The van der Waals surface area contributed by atoms with E-state index in [4.69, 9.17) is 0 Å². The van der Waals surface area contributed by atoms with Crippen LogP contribution in [0, 0.1) is 11.7 Å². The molecule has 1 aromatic carbocycles. The van der Waals surface area contributed by atoms with E-state index in [2.05, 4.69) is 19.6 Å². The minimum absolute atomic E-state index is 0.00502. The molecule has 0 radical (unpaired) electrons. The van der Waals surface area contributed by atoms with Gasteiger partial charge < -0.3 is 9.45 Å². The molecule has 1 N–H and O–H groups in total. The normalized spacial score (nSPS) is 21.8. The zero-order valence-electron chi connectivity index (χ0n) is 14.4. The van der Waals surface area contributed by atoms with Gasteiger partial charge in [-0.1, -0.05) is 0 Å². The van der Waals surface area contributed by atoms with Crippen LogP contribution in [0.2, 0.25) is 0 Å². The van der Waals surface area contributed by atoms with Gasteiger partial charge in [-0.15, -0.1) is 4.72 Å². The molecule has 0 amide bonds. The summed E-state index contributed by atoms with van der Waals surface area (Å²) in [6, 6.07) is 2.81. The Morgan fingerprint density at radius 2 is 2.19 bits per heavy atom. The number of nitrogens with one attached hydrogen (secondary N) is 1. The quantitative estimate of drug-likeness (QED) is 0.615. The van der Waals surface area contributed by atoms with Crippen molar-refractivity contribution >= 4 is 34.4 Å². The van der Waals surface area contributed by atoms with E-state index in [9.17, 15) is 13.7 Å². The highest BCUT2D eigenvalue weighted by Crippen LogP contribution is 2.30. The highest BCUT2D eigenvalue weighted by molar-refractivity contribution is 7.90. The van der Waals surface area contributed by atoms with Gasteiger partial charge in [-0.3, -0.25) is 4.79 Å². The zero-order chi connectivity index (χ0) is 18.1. The average Bonchev–Trinajstić information content (AvgIpc) is 3.50. The van der Waals surface area contributed by atoms with Crippen molar-refractivity contribution in [2.75, 3.05) is 24.5 Å². The number of hydrogen-bond donors (Lipinski definition) is 1. The number of aromatic nitrogens is 2. The van der Waals surface area contributed by atoms with Crippen molar-refractivity contribution < 1.29 is 13.7 Å². The third kappa shape index (κ3) is 3.67. The molecule has 0 spiro atoms. The van der Waals surface area contributed by atoms with Crippen molar-refractivity contribution in [1.82, 2.24) is 14.7 Å². The minimum atomic E-state index is -0.924. The van der Waals surface area contributed by atoms with Gasteiger partial charge >= 0.3 is 0 Å². The summed E-state index contributed by atoms with van der Waals surface area (Å²) in [5.74, 6) is 0.508. The van der Waals surface area contributed by atoms with Crippen molar-refractivity contribution in [3.05, 3.63) is 29.8 Å². The molecule has 2 heterocycles. The van der Waals surface area contributed by atoms with Gasteiger partial charge in [0.05, 0.1) is 11.1 Å². The first-order valence-electron chi connectivity index (χ1n) is 8.94. The summed E-state index contributed by atoms with van der Waals surface area (Å²) in [5.41, 5.74) is 0.569. The Labute approximate surface area is 154 Å². The number of aldehydes is 1. The number of fused-ring (bicyclic) bond motifs is 1. The van der Waals surface area contributed by atoms with Gasteiger partial charge in [0, 0.05) is 49.2 Å². The molecule has 8 heteroatoms. The number of hydrogen-bond acceptors (Lipinski definition) is 6. The van der Waals surface area contributed by atoms with Crippen LogP contribution in [-0.4, -0.2) is 45.7 Å². The summed E-state index contributed by atoms with van der Waals surface area (Å²) in [6.07, 6.45) is 6.13. The molecule has 1 aliphatic carbocycles. The fraction of sp³-hybridized carbons (Fsp3) is 0.500. The van der Waals surface area contributed by atoms with Gasteiger partial charge in [-0.05, 0) is 30.9 Å². The van der Waals surface area contributed by atoms with E-state index in [0.717, 1.165) is 38.8 Å². The lowest BCUT2D eigenvalue weighted by atomic mass is 9.98. The molecule has 2 fully saturated rings. The van der Waals surface area contributed by atoms with E-state index in [0.29, 0.717) is 40.7 Å². The Bertz CT molecular complexity index is 817. The Hall–Kier alpha value is -1.77. The Morgan fingerprint density at radius 1 is 1.35 bits per heavy atom. The summed E-state index contributed by atoms with van der Waals surface area (Å²) in [4.78, 5) is 21.6. The van der Waals surface area contributed by atoms with E-state index < -0.39 is 17.2 Å². The van der Waals surface area contributed by atoms with E-state index in [1.807, 2.05) is 0 Å². The van der Waals surface area contributed by atoms with Crippen LogP contribution in [0.3, 0.4) is 0 Å². The first kappa shape index (κ1) is 17.6.